The maximum Gasteiger partial charge on any atom is 0.314 e. The van der Waals surface area contributed by atoms with Crippen molar-refractivity contribution in [3.05, 3.63) is 0 Å². The van der Waals surface area contributed by atoms with Crippen LogP contribution in [0, 0.1) is 16.7 Å². The topological polar surface area (TPSA) is 78.4 Å². The number of urea groups is 1. The summed E-state index contributed by atoms with van der Waals surface area (Å²) in [5.41, 5.74) is 0.371. The molecule has 0 aromatic rings. The Hall–Kier alpha value is -1.26. The van der Waals surface area contributed by atoms with Gasteiger partial charge in [0.05, 0.1) is 0 Å². The molecule has 0 aliphatic heterocycles. The molecule has 5 heteroatoms. The van der Waals surface area contributed by atoms with Gasteiger partial charge in [0.15, 0.2) is 0 Å². The SMILES string of the molecule is CC(C)(CCNC(=O)NCC1(C2CC2)CC1)CCC(=O)O. The van der Waals surface area contributed by atoms with Gasteiger partial charge in [0.25, 0.3) is 0 Å². The van der Waals surface area contributed by atoms with Gasteiger partial charge < -0.3 is 15.7 Å². The Labute approximate surface area is 126 Å². The van der Waals surface area contributed by atoms with E-state index in [1.54, 1.807) is 0 Å². The minimum absolute atomic E-state index is 0.0581. The van der Waals surface area contributed by atoms with Crippen LogP contribution >= 0.6 is 0 Å². The lowest BCUT2D eigenvalue weighted by Gasteiger charge is -2.24. The number of carboxylic acid groups (broad SMARTS) is 1. The molecule has 0 aromatic carbocycles. The zero-order chi connectivity index (χ0) is 15.5. The van der Waals surface area contributed by atoms with E-state index in [9.17, 15) is 9.59 Å². The molecular formula is C16H28N2O3. The highest BCUT2D eigenvalue weighted by Crippen LogP contribution is 2.60. The predicted molar refractivity (Wildman–Crippen MR) is 81.1 cm³/mol. The summed E-state index contributed by atoms with van der Waals surface area (Å²) in [6.07, 6.45) is 6.81. The molecule has 21 heavy (non-hydrogen) atoms. The minimum Gasteiger partial charge on any atom is -0.481 e. The highest BCUT2D eigenvalue weighted by Gasteiger charge is 2.53. The van der Waals surface area contributed by atoms with Gasteiger partial charge in [-0.1, -0.05) is 13.8 Å². The predicted octanol–water partition coefficient (Wildman–Crippen LogP) is 2.76. The molecule has 2 aliphatic carbocycles. The van der Waals surface area contributed by atoms with Crippen molar-refractivity contribution in [3.8, 4) is 0 Å². The van der Waals surface area contributed by atoms with Crippen molar-refractivity contribution >= 4 is 12.0 Å². The van der Waals surface area contributed by atoms with Crippen molar-refractivity contribution in [2.75, 3.05) is 13.1 Å². The lowest BCUT2D eigenvalue weighted by Crippen LogP contribution is -2.40. The van der Waals surface area contributed by atoms with Gasteiger partial charge in [0.1, 0.15) is 0 Å². The summed E-state index contributed by atoms with van der Waals surface area (Å²) in [5, 5.41) is 14.6. The average molecular weight is 296 g/mol. The number of carbonyl (C=O) groups excluding carboxylic acids is 1. The number of nitrogens with one attached hydrogen (secondary N) is 2. The Balaban J connectivity index is 1.57. The van der Waals surface area contributed by atoms with E-state index >= 15 is 0 Å². The first-order valence-electron chi connectivity index (χ1n) is 8.07. The third-order valence-electron chi connectivity index (χ3n) is 5.04. The number of aliphatic carboxylic acids is 1. The van der Waals surface area contributed by atoms with Crippen LogP contribution in [0.15, 0.2) is 0 Å². The van der Waals surface area contributed by atoms with E-state index < -0.39 is 5.97 Å². The average Bonchev–Trinajstić information content (AvgIpc) is 3.26. The second-order valence-corrected chi connectivity index (χ2v) is 7.55. The van der Waals surface area contributed by atoms with Gasteiger partial charge in [0.2, 0.25) is 0 Å². The van der Waals surface area contributed by atoms with Crippen LogP contribution in [0.2, 0.25) is 0 Å². The molecule has 120 valence electrons. The number of hydrogen-bond acceptors (Lipinski definition) is 2. The normalized spacial score (nSPS) is 19.9. The molecule has 2 rings (SSSR count). The maximum atomic E-state index is 11.8. The van der Waals surface area contributed by atoms with Gasteiger partial charge in [-0.2, -0.15) is 0 Å². The zero-order valence-electron chi connectivity index (χ0n) is 13.2. The number of rotatable bonds is 9. The second kappa shape index (κ2) is 6.24. The summed E-state index contributed by atoms with van der Waals surface area (Å²) in [5.74, 6) is 0.0938. The van der Waals surface area contributed by atoms with Crippen LogP contribution < -0.4 is 10.6 Å². The largest absolute Gasteiger partial charge is 0.481 e. The van der Waals surface area contributed by atoms with Gasteiger partial charge in [-0.3, -0.25) is 4.79 Å². The fraction of sp³-hybridized carbons (Fsp3) is 0.875. The Morgan fingerprint density at radius 3 is 2.38 bits per heavy atom. The maximum absolute atomic E-state index is 11.8. The van der Waals surface area contributed by atoms with Gasteiger partial charge in [-0.05, 0) is 55.3 Å². The molecule has 0 spiro atoms. The lowest BCUT2D eigenvalue weighted by atomic mass is 9.84. The first-order chi connectivity index (χ1) is 9.83. The summed E-state index contributed by atoms with van der Waals surface area (Å²) in [7, 11) is 0. The number of amides is 2. The molecular weight excluding hydrogens is 268 g/mol. The minimum atomic E-state index is -0.761. The molecule has 0 saturated heterocycles. The van der Waals surface area contributed by atoms with Crippen LogP contribution in [-0.4, -0.2) is 30.2 Å². The molecule has 2 aliphatic rings. The molecule has 0 unspecified atom stereocenters. The Kier molecular flexibility index (Phi) is 4.79. The molecule has 2 saturated carbocycles. The second-order valence-electron chi connectivity index (χ2n) is 7.55. The zero-order valence-corrected chi connectivity index (χ0v) is 13.2. The van der Waals surface area contributed by atoms with Gasteiger partial charge >= 0.3 is 12.0 Å². The third-order valence-corrected chi connectivity index (χ3v) is 5.04. The van der Waals surface area contributed by atoms with Gasteiger partial charge in [-0.25, -0.2) is 4.79 Å². The van der Waals surface area contributed by atoms with Gasteiger partial charge in [-0.15, -0.1) is 0 Å². The summed E-state index contributed by atoms with van der Waals surface area (Å²) in [6.45, 7) is 5.49. The number of carbonyl (C=O) groups is 2. The van der Waals surface area contributed by atoms with Crippen molar-refractivity contribution in [2.45, 2.75) is 58.8 Å². The highest BCUT2D eigenvalue weighted by molar-refractivity contribution is 5.73. The monoisotopic (exact) mass is 296 g/mol. The molecule has 2 fully saturated rings. The van der Waals surface area contributed by atoms with E-state index in [-0.39, 0.29) is 17.9 Å². The fourth-order valence-corrected chi connectivity index (χ4v) is 2.99. The molecule has 0 atom stereocenters. The third kappa shape index (κ3) is 5.21. The highest BCUT2D eigenvalue weighted by atomic mass is 16.4. The summed E-state index contributed by atoms with van der Waals surface area (Å²) < 4.78 is 0. The van der Waals surface area contributed by atoms with E-state index in [0.717, 1.165) is 18.9 Å². The van der Waals surface area contributed by atoms with Crippen molar-refractivity contribution in [1.29, 1.82) is 0 Å². The Morgan fingerprint density at radius 2 is 1.86 bits per heavy atom. The summed E-state index contributed by atoms with van der Waals surface area (Å²) in [6, 6.07) is -0.0871. The molecule has 0 radical (unpaired) electrons. The van der Waals surface area contributed by atoms with Crippen LogP contribution in [0.1, 0.15) is 58.8 Å². The first kappa shape index (κ1) is 16.1. The van der Waals surface area contributed by atoms with Crippen LogP contribution in [0.25, 0.3) is 0 Å². The van der Waals surface area contributed by atoms with Gasteiger partial charge in [0, 0.05) is 19.5 Å². The van der Waals surface area contributed by atoms with Crippen molar-refractivity contribution in [2.24, 2.45) is 16.7 Å². The van der Waals surface area contributed by atoms with E-state index in [1.807, 2.05) is 13.8 Å². The molecule has 0 heterocycles. The molecule has 5 nitrogen and oxygen atoms in total. The van der Waals surface area contributed by atoms with Crippen molar-refractivity contribution in [3.63, 3.8) is 0 Å². The van der Waals surface area contributed by atoms with E-state index in [0.29, 0.717) is 18.4 Å². The summed E-state index contributed by atoms with van der Waals surface area (Å²) >= 11 is 0. The van der Waals surface area contributed by atoms with Crippen LogP contribution in [0.4, 0.5) is 4.79 Å². The Bertz CT molecular complexity index is 398. The lowest BCUT2D eigenvalue weighted by molar-refractivity contribution is -0.137. The number of hydrogen-bond donors (Lipinski definition) is 3. The van der Waals surface area contributed by atoms with E-state index in [1.165, 1.54) is 25.7 Å². The van der Waals surface area contributed by atoms with E-state index in [2.05, 4.69) is 10.6 Å². The van der Waals surface area contributed by atoms with Crippen LogP contribution in [0.3, 0.4) is 0 Å². The first-order valence-corrected chi connectivity index (χ1v) is 8.07. The smallest absolute Gasteiger partial charge is 0.314 e. The molecule has 2 amide bonds. The molecule has 0 aromatic heterocycles. The Morgan fingerprint density at radius 1 is 1.19 bits per heavy atom. The quantitative estimate of drug-likeness (QED) is 0.612. The van der Waals surface area contributed by atoms with Crippen molar-refractivity contribution in [1.82, 2.24) is 10.6 Å². The van der Waals surface area contributed by atoms with Crippen LogP contribution in [0.5, 0.6) is 0 Å². The molecule has 3 N–H and O–H groups in total. The van der Waals surface area contributed by atoms with Crippen LogP contribution in [-0.2, 0) is 4.79 Å². The number of carboxylic acids is 1. The standard InChI is InChI=1S/C16H28N2O3/c1-15(2,6-5-13(19)20)9-10-17-14(21)18-11-16(7-8-16)12-3-4-12/h12H,3-11H2,1-2H3,(H,19,20)(H2,17,18,21). The van der Waals surface area contributed by atoms with E-state index in [4.69, 9.17) is 5.11 Å². The van der Waals surface area contributed by atoms with Crippen molar-refractivity contribution < 1.29 is 14.7 Å². The summed E-state index contributed by atoms with van der Waals surface area (Å²) in [4.78, 5) is 22.4. The molecule has 0 bridgehead atoms. The fourth-order valence-electron chi connectivity index (χ4n) is 2.99.